The molecule has 0 aromatic heterocycles. The average Bonchev–Trinajstić information content (AvgIpc) is 2.95. The van der Waals surface area contributed by atoms with Crippen LogP contribution in [0.1, 0.15) is 33.3 Å². The second-order valence-electron chi connectivity index (χ2n) is 9.13. The lowest BCUT2D eigenvalue weighted by molar-refractivity contribution is -0.158. The third kappa shape index (κ3) is 5.81. The molecular formula is C26H34N2O4. The molecular weight excluding hydrogens is 404 g/mol. The van der Waals surface area contributed by atoms with Crippen LogP contribution >= 0.6 is 0 Å². The zero-order valence-corrected chi connectivity index (χ0v) is 19.8. The van der Waals surface area contributed by atoms with Gasteiger partial charge in [0.1, 0.15) is 5.75 Å². The highest BCUT2D eigenvalue weighted by molar-refractivity contribution is 6.32. The van der Waals surface area contributed by atoms with Crippen molar-refractivity contribution in [1.82, 2.24) is 4.90 Å². The zero-order chi connectivity index (χ0) is 23.3. The van der Waals surface area contributed by atoms with Crippen molar-refractivity contribution in [1.29, 1.82) is 0 Å². The number of hydrogen-bond donors (Lipinski definition) is 0. The quantitative estimate of drug-likeness (QED) is 0.495. The summed E-state index contributed by atoms with van der Waals surface area (Å²) in [5.74, 6) is 0.371. The molecule has 0 unspecified atom stereocenters. The fraction of sp³-hybridized carbons (Fsp3) is 0.462. The predicted molar refractivity (Wildman–Crippen MR) is 127 cm³/mol. The van der Waals surface area contributed by atoms with Crippen molar-refractivity contribution in [2.24, 2.45) is 11.8 Å². The zero-order valence-electron chi connectivity index (χ0n) is 19.8. The molecule has 0 radical (unpaired) electrons. The van der Waals surface area contributed by atoms with E-state index in [0.717, 1.165) is 34.7 Å². The van der Waals surface area contributed by atoms with E-state index in [-0.39, 0.29) is 0 Å². The summed E-state index contributed by atoms with van der Waals surface area (Å²) in [6.45, 7) is 11.7. The van der Waals surface area contributed by atoms with Crippen LogP contribution in [0, 0.1) is 11.8 Å². The molecule has 0 spiro atoms. The fourth-order valence-corrected chi connectivity index (χ4v) is 3.87. The minimum absolute atomic E-state index is 0.385. The van der Waals surface area contributed by atoms with Gasteiger partial charge in [0.05, 0.1) is 13.7 Å². The van der Waals surface area contributed by atoms with Crippen molar-refractivity contribution in [2.45, 2.75) is 34.2 Å². The van der Waals surface area contributed by atoms with E-state index >= 15 is 0 Å². The summed E-state index contributed by atoms with van der Waals surface area (Å²) in [5.41, 5.74) is 4.31. The first-order chi connectivity index (χ1) is 15.3. The van der Waals surface area contributed by atoms with E-state index in [2.05, 4.69) is 67.7 Å². The van der Waals surface area contributed by atoms with Gasteiger partial charge in [0.15, 0.2) is 0 Å². The van der Waals surface area contributed by atoms with Crippen LogP contribution in [0.15, 0.2) is 42.5 Å². The van der Waals surface area contributed by atoms with Crippen molar-refractivity contribution >= 4 is 17.6 Å². The highest BCUT2D eigenvalue weighted by atomic mass is 16.5. The van der Waals surface area contributed by atoms with Gasteiger partial charge in [-0.2, -0.15) is 0 Å². The number of carbonyl (C=O) groups is 2. The molecule has 6 heteroatoms. The number of rotatable bonds is 6. The molecule has 1 aliphatic heterocycles. The maximum Gasteiger partial charge on any atom is 0.396 e. The monoisotopic (exact) mass is 438 g/mol. The van der Waals surface area contributed by atoms with Gasteiger partial charge in [-0.1, -0.05) is 52.0 Å². The van der Waals surface area contributed by atoms with Gasteiger partial charge < -0.3 is 19.3 Å². The van der Waals surface area contributed by atoms with Crippen LogP contribution in [0.5, 0.6) is 5.75 Å². The van der Waals surface area contributed by atoms with Crippen LogP contribution in [0.2, 0.25) is 0 Å². The smallest absolute Gasteiger partial charge is 0.396 e. The summed E-state index contributed by atoms with van der Waals surface area (Å²) in [6, 6.07) is 14.5. The molecule has 1 aliphatic rings. The lowest BCUT2D eigenvalue weighted by Crippen LogP contribution is -2.40. The molecule has 172 valence electrons. The normalized spacial score (nSPS) is 13.7. The molecule has 0 atom stereocenters. The van der Waals surface area contributed by atoms with E-state index in [0.29, 0.717) is 38.1 Å². The van der Waals surface area contributed by atoms with Gasteiger partial charge in [-0.05, 0) is 46.7 Å². The SMILES string of the molecule is COC(=O)C(=O)N1CCN(CC(C)C)c2cc(-c3cccc(OCC(C)C)c3)ccc2C1. The summed E-state index contributed by atoms with van der Waals surface area (Å²) in [5, 5.41) is 0. The van der Waals surface area contributed by atoms with E-state index in [1.54, 1.807) is 4.90 Å². The minimum atomic E-state index is -0.821. The van der Waals surface area contributed by atoms with Crippen LogP contribution in [0.25, 0.3) is 11.1 Å². The Morgan fingerprint density at radius 2 is 1.72 bits per heavy atom. The molecule has 3 rings (SSSR count). The van der Waals surface area contributed by atoms with Crippen LogP contribution in [0.4, 0.5) is 5.69 Å². The molecule has 0 aliphatic carbocycles. The number of nitrogens with zero attached hydrogens (tertiary/aromatic N) is 2. The van der Waals surface area contributed by atoms with Gasteiger partial charge in [-0.3, -0.25) is 4.79 Å². The fourth-order valence-electron chi connectivity index (χ4n) is 3.87. The molecule has 2 aromatic carbocycles. The second-order valence-corrected chi connectivity index (χ2v) is 9.13. The average molecular weight is 439 g/mol. The maximum atomic E-state index is 12.5. The number of ether oxygens (including phenoxy) is 2. The Kier molecular flexibility index (Phi) is 7.78. The first kappa shape index (κ1) is 23.6. The topological polar surface area (TPSA) is 59.1 Å². The van der Waals surface area contributed by atoms with Crippen LogP contribution in [-0.2, 0) is 20.9 Å². The highest BCUT2D eigenvalue weighted by Crippen LogP contribution is 2.33. The van der Waals surface area contributed by atoms with Crippen molar-refractivity contribution in [3.8, 4) is 16.9 Å². The molecule has 0 N–H and O–H groups in total. The molecule has 1 heterocycles. The highest BCUT2D eigenvalue weighted by Gasteiger charge is 2.28. The van der Waals surface area contributed by atoms with E-state index in [4.69, 9.17) is 4.74 Å². The van der Waals surface area contributed by atoms with Crippen LogP contribution in [-0.4, -0.2) is 50.1 Å². The number of amides is 1. The predicted octanol–water partition coefficient (Wildman–Crippen LogP) is 4.37. The molecule has 6 nitrogen and oxygen atoms in total. The second kappa shape index (κ2) is 10.5. The summed E-state index contributed by atoms with van der Waals surface area (Å²) >= 11 is 0. The standard InChI is InChI=1S/C26H34N2O4/c1-18(2)15-27-11-12-28(25(29)26(30)31-5)16-22-10-9-21(14-24(22)27)20-7-6-8-23(13-20)32-17-19(3)4/h6-10,13-14,18-19H,11-12,15-17H2,1-5H3. The first-order valence-electron chi connectivity index (χ1n) is 11.3. The minimum Gasteiger partial charge on any atom is -0.493 e. The molecule has 0 fully saturated rings. The molecule has 32 heavy (non-hydrogen) atoms. The molecule has 1 amide bonds. The van der Waals surface area contributed by atoms with Crippen LogP contribution in [0.3, 0.4) is 0 Å². The Balaban J connectivity index is 1.94. The Hall–Kier alpha value is -3.02. The lowest BCUT2D eigenvalue weighted by Gasteiger charge is -2.27. The van der Waals surface area contributed by atoms with Gasteiger partial charge >= 0.3 is 11.9 Å². The number of fused-ring (bicyclic) bond motifs is 1. The van der Waals surface area contributed by atoms with E-state index < -0.39 is 11.9 Å². The number of methoxy groups -OCH3 is 1. The van der Waals surface area contributed by atoms with Crippen molar-refractivity contribution in [3.63, 3.8) is 0 Å². The number of esters is 1. The Labute approximate surface area is 191 Å². The number of carbonyl (C=O) groups excluding carboxylic acids is 2. The molecule has 0 saturated carbocycles. The van der Waals surface area contributed by atoms with E-state index in [1.807, 2.05) is 12.1 Å². The summed E-state index contributed by atoms with van der Waals surface area (Å²) < 4.78 is 10.6. The third-order valence-electron chi connectivity index (χ3n) is 5.41. The Morgan fingerprint density at radius 3 is 2.41 bits per heavy atom. The van der Waals surface area contributed by atoms with Crippen molar-refractivity contribution in [3.05, 3.63) is 48.0 Å². The Morgan fingerprint density at radius 1 is 0.969 bits per heavy atom. The van der Waals surface area contributed by atoms with Gasteiger partial charge in [0.2, 0.25) is 0 Å². The van der Waals surface area contributed by atoms with E-state index in [9.17, 15) is 9.59 Å². The number of anilines is 1. The lowest BCUT2D eigenvalue weighted by atomic mass is 10.0. The summed E-state index contributed by atoms with van der Waals surface area (Å²) in [7, 11) is 1.24. The summed E-state index contributed by atoms with van der Waals surface area (Å²) in [4.78, 5) is 28.2. The van der Waals surface area contributed by atoms with Gasteiger partial charge in [0.25, 0.3) is 0 Å². The van der Waals surface area contributed by atoms with Crippen LogP contribution < -0.4 is 9.64 Å². The maximum absolute atomic E-state index is 12.5. The first-order valence-corrected chi connectivity index (χ1v) is 11.3. The van der Waals surface area contributed by atoms with Gasteiger partial charge in [-0.15, -0.1) is 0 Å². The van der Waals surface area contributed by atoms with Gasteiger partial charge in [-0.25, -0.2) is 4.79 Å². The van der Waals surface area contributed by atoms with Crippen molar-refractivity contribution < 1.29 is 19.1 Å². The van der Waals surface area contributed by atoms with Crippen molar-refractivity contribution in [2.75, 3.05) is 38.3 Å². The van der Waals surface area contributed by atoms with Gasteiger partial charge in [0, 0.05) is 31.9 Å². The number of benzene rings is 2. The van der Waals surface area contributed by atoms with E-state index in [1.165, 1.54) is 7.11 Å². The number of hydrogen-bond acceptors (Lipinski definition) is 5. The Bertz CT molecular complexity index is 955. The molecule has 0 bridgehead atoms. The molecule has 2 aromatic rings. The molecule has 0 saturated heterocycles. The summed E-state index contributed by atoms with van der Waals surface area (Å²) in [6.07, 6.45) is 0. The third-order valence-corrected chi connectivity index (χ3v) is 5.41. The largest absolute Gasteiger partial charge is 0.493 e.